The number of ether oxygens (including phenoxy) is 2. The van der Waals surface area contributed by atoms with Gasteiger partial charge in [0.1, 0.15) is 6.10 Å². The zero-order valence-corrected chi connectivity index (χ0v) is 26.9. The quantitative estimate of drug-likeness (QED) is 0.107. The summed E-state index contributed by atoms with van der Waals surface area (Å²) in [4.78, 5) is 17.3. The number of unbranched alkanes of at least 4 members (excludes halogenated alkanes) is 5. The van der Waals surface area contributed by atoms with E-state index in [-0.39, 0.29) is 24.2 Å². The van der Waals surface area contributed by atoms with Gasteiger partial charge >= 0.3 is 5.97 Å². The minimum Gasteiger partial charge on any atom is -0.483 e. The van der Waals surface area contributed by atoms with Gasteiger partial charge in [0.05, 0.1) is 11.0 Å². The Morgan fingerprint density at radius 3 is 2.61 bits per heavy atom. The van der Waals surface area contributed by atoms with Crippen molar-refractivity contribution in [3.63, 3.8) is 0 Å². The van der Waals surface area contributed by atoms with Gasteiger partial charge in [-0.25, -0.2) is 0 Å². The maximum atomic E-state index is 12.9. The topological polar surface area (TPSA) is 62.2 Å². The first-order valence-corrected chi connectivity index (χ1v) is 17.3. The fourth-order valence-corrected chi connectivity index (χ4v) is 9.24. The van der Waals surface area contributed by atoms with Crippen LogP contribution in [0.1, 0.15) is 94.7 Å². The largest absolute Gasteiger partial charge is 0.483 e. The first-order chi connectivity index (χ1) is 21.4. The molecule has 238 valence electrons. The number of hydrogen-bond acceptors (Lipinski definition) is 6. The van der Waals surface area contributed by atoms with E-state index in [9.17, 15) is 9.90 Å². The van der Waals surface area contributed by atoms with Crippen LogP contribution in [0.3, 0.4) is 0 Å². The number of carbonyl (C=O) groups is 1. The number of esters is 1. The Bertz CT molecular complexity index is 1310. The van der Waals surface area contributed by atoms with Gasteiger partial charge in [0, 0.05) is 31.1 Å². The molecule has 0 aromatic heterocycles. The normalized spacial score (nSPS) is 28.4. The predicted molar refractivity (Wildman–Crippen MR) is 175 cm³/mol. The highest BCUT2D eigenvalue weighted by molar-refractivity contribution is 5.72. The lowest BCUT2D eigenvalue weighted by Gasteiger charge is -2.65. The number of rotatable bonds is 15. The lowest BCUT2D eigenvalue weighted by atomic mass is 9.48. The van der Waals surface area contributed by atoms with E-state index >= 15 is 0 Å². The van der Waals surface area contributed by atoms with Crippen LogP contribution < -0.4 is 9.47 Å². The molecule has 1 saturated carbocycles. The van der Waals surface area contributed by atoms with Crippen molar-refractivity contribution in [1.82, 2.24) is 9.80 Å². The molecular formula is C38H52N2O4. The van der Waals surface area contributed by atoms with Gasteiger partial charge in [-0.15, -0.1) is 6.58 Å². The number of piperidine rings is 1. The Labute approximate surface area is 264 Å². The zero-order valence-electron chi connectivity index (χ0n) is 26.9. The molecular weight excluding hydrogens is 548 g/mol. The molecule has 2 aliphatic heterocycles. The summed E-state index contributed by atoms with van der Waals surface area (Å²) in [7, 11) is 0. The van der Waals surface area contributed by atoms with E-state index in [2.05, 4.69) is 59.7 Å². The Hall–Kier alpha value is -2.67. The molecule has 44 heavy (non-hydrogen) atoms. The highest BCUT2D eigenvalue weighted by Crippen LogP contribution is 2.66. The van der Waals surface area contributed by atoms with Crippen molar-refractivity contribution >= 4 is 5.97 Å². The molecule has 0 amide bonds. The van der Waals surface area contributed by atoms with Crippen molar-refractivity contribution in [2.75, 3.05) is 26.2 Å². The summed E-state index contributed by atoms with van der Waals surface area (Å²) < 4.78 is 12.8. The molecule has 6 rings (SSSR count). The standard InChI is InChI=1S/C38H52N2O4/c1-4-6-13-24-39(25-14-8-7-10-15-29-16-11-9-12-17-29)31-20-21-38(42)33-27-30-18-19-32(43-28(3)41)35-34(30)37(38,36(31)44-35)22-26-40(33)23-5-2/h5,9,11-12,16-19,31,33,36,42H,2,4,6-8,10,13-15,20-27H2,1,3H3/t31-,33+,36-,37-,38+/m0/s1. The first kappa shape index (κ1) is 31.3. The monoisotopic (exact) mass is 600 g/mol. The van der Waals surface area contributed by atoms with Crippen molar-refractivity contribution < 1.29 is 19.4 Å². The van der Waals surface area contributed by atoms with E-state index in [1.807, 2.05) is 12.1 Å². The summed E-state index contributed by atoms with van der Waals surface area (Å²) in [5.74, 6) is 0.869. The van der Waals surface area contributed by atoms with Gasteiger partial charge in [0.15, 0.2) is 11.5 Å². The number of carbonyl (C=O) groups excluding carboxylic acids is 1. The number of nitrogens with zero attached hydrogens (tertiary/aromatic N) is 2. The molecule has 6 nitrogen and oxygen atoms in total. The lowest BCUT2D eigenvalue weighted by molar-refractivity contribution is -0.198. The average Bonchev–Trinajstić information content (AvgIpc) is 3.37. The van der Waals surface area contributed by atoms with E-state index in [0.717, 1.165) is 63.8 Å². The maximum Gasteiger partial charge on any atom is 0.308 e. The molecule has 2 aromatic rings. The highest BCUT2D eigenvalue weighted by Gasteiger charge is 2.73. The summed E-state index contributed by atoms with van der Waals surface area (Å²) in [5, 5.41) is 12.9. The number of aliphatic hydroxyl groups is 1. The van der Waals surface area contributed by atoms with Crippen LogP contribution in [0.4, 0.5) is 0 Å². The van der Waals surface area contributed by atoms with Gasteiger partial charge in [-0.2, -0.15) is 0 Å². The van der Waals surface area contributed by atoms with Crippen molar-refractivity contribution in [3.8, 4) is 11.5 Å². The van der Waals surface area contributed by atoms with Gasteiger partial charge in [0.2, 0.25) is 0 Å². The second kappa shape index (κ2) is 13.4. The van der Waals surface area contributed by atoms with E-state index in [1.165, 1.54) is 63.0 Å². The molecule has 1 saturated heterocycles. The Morgan fingerprint density at radius 2 is 1.86 bits per heavy atom. The fourth-order valence-electron chi connectivity index (χ4n) is 9.24. The van der Waals surface area contributed by atoms with Crippen LogP contribution >= 0.6 is 0 Å². The minimum atomic E-state index is -0.894. The summed E-state index contributed by atoms with van der Waals surface area (Å²) in [6.07, 6.45) is 14.7. The SMILES string of the molecule is C=CCN1CC[C@]23c4c5ccc(OC(C)=O)c4O[C@H]2[C@@H](N(CCCCC)CCCCCCc2ccccc2)CC[C@@]3(O)[C@H]1C5. The van der Waals surface area contributed by atoms with Gasteiger partial charge in [0.25, 0.3) is 0 Å². The fraction of sp³-hybridized carbons (Fsp3) is 0.605. The predicted octanol–water partition coefficient (Wildman–Crippen LogP) is 6.62. The second-order valence-electron chi connectivity index (χ2n) is 13.7. The van der Waals surface area contributed by atoms with Crippen LogP contribution in [0, 0.1) is 0 Å². The van der Waals surface area contributed by atoms with Crippen LogP contribution in [0.5, 0.6) is 11.5 Å². The summed E-state index contributed by atoms with van der Waals surface area (Å²) >= 11 is 0. The highest BCUT2D eigenvalue weighted by atomic mass is 16.6. The van der Waals surface area contributed by atoms with E-state index in [1.54, 1.807) is 0 Å². The molecule has 2 aliphatic carbocycles. The summed E-state index contributed by atoms with van der Waals surface area (Å²) in [6.45, 7) is 11.5. The van der Waals surface area contributed by atoms with E-state index < -0.39 is 11.0 Å². The minimum absolute atomic E-state index is 0.0254. The van der Waals surface area contributed by atoms with Crippen molar-refractivity contribution in [2.45, 2.75) is 120 Å². The molecule has 2 bridgehead atoms. The Morgan fingerprint density at radius 1 is 1.09 bits per heavy atom. The summed E-state index contributed by atoms with van der Waals surface area (Å²) in [5.41, 5.74) is 2.39. The van der Waals surface area contributed by atoms with Crippen molar-refractivity contribution in [1.29, 1.82) is 0 Å². The van der Waals surface area contributed by atoms with E-state index in [0.29, 0.717) is 11.5 Å². The van der Waals surface area contributed by atoms with Crippen LogP contribution in [0.15, 0.2) is 55.1 Å². The van der Waals surface area contributed by atoms with E-state index in [4.69, 9.17) is 9.47 Å². The molecule has 2 fully saturated rings. The smallest absolute Gasteiger partial charge is 0.308 e. The van der Waals surface area contributed by atoms with Crippen LogP contribution in [-0.2, 0) is 23.1 Å². The molecule has 1 N–H and O–H groups in total. The van der Waals surface area contributed by atoms with Crippen LogP contribution in [0.25, 0.3) is 0 Å². The first-order valence-electron chi connectivity index (χ1n) is 17.3. The molecule has 4 aliphatic rings. The number of hydrogen-bond donors (Lipinski definition) is 1. The third-order valence-electron chi connectivity index (χ3n) is 11.2. The molecule has 1 spiro atoms. The molecule has 5 atom stereocenters. The Kier molecular flexibility index (Phi) is 9.51. The summed E-state index contributed by atoms with van der Waals surface area (Å²) in [6, 6.07) is 15.1. The van der Waals surface area contributed by atoms with Gasteiger partial charge in [-0.1, -0.05) is 75.1 Å². The molecule has 2 heterocycles. The third-order valence-corrected chi connectivity index (χ3v) is 11.2. The third kappa shape index (κ3) is 5.52. The van der Waals surface area contributed by atoms with Gasteiger partial charge < -0.3 is 14.6 Å². The number of benzene rings is 2. The van der Waals surface area contributed by atoms with Crippen molar-refractivity contribution in [2.24, 2.45) is 0 Å². The van der Waals surface area contributed by atoms with Crippen molar-refractivity contribution in [3.05, 3.63) is 71.8 Å². The molecule has 0 unspecified atom stereocenters. The molecule has 2 aromatic carbocycles. The van der Waals surface area contributed by atoms with Crippen LogP contribution in [-0.4, -0.2) is 70.8 Å². The molecule has 0 radical (unpaired) electrons. The lowest BCUT2D eigenvalue weighted by Crippen LogP contribution is -2.78. The number of likely N-dealkylation sites (tertiary alicyclic amines) is 1. The Balaban J connectivity index is 1.26. The second-order valence-corrected chi connectivity index (χ2v) is 13.7. The molecule has 6 heteroatoms. The van der Waals surface area contributed by atoms with Gasteiger partial charge in [-0.05, 0) is 88.2 Å². The average molecular weight is 601 g/mol. The number of aryl methyl sites for hydroxylation is 1. The zero-order chi connectivity index (χ0) is 30.7. The van der Waals surface area contributed by atoms with Gasteiger partial charge in [-0.3, -0.25) is 14.6 Å². The maximum absolute atomic E-state index is 12.9. The van der Waals surface area contributed by atoms with Crippen LogP contribution in [0.2, 0.25) is 0 Å².